The average molecular weight is 430 g/mol. The van der Waals surface area contributed by atoms with E-state index in [0.717, 1.165) is 19.9 Å². The summed E-state index contributed by atoms with van der Waals surface area (Å²) in [6.45, 7) is 3.71. The Kier molecular flexibility index (Phi) is 6.14. The standard InChI is InChI=1S/C16H13ClINOS/c1-2-9-21-15-6-4-3-5-14(15)19-16(20)11-7-8-13(18)12(17)10-11/h2-8,10H,1,9H2,(H,19,20). The molecule has 0 saturated heterocycles. The molecule has 2 aromatic carbocycles. The number of nitrogens with one attached hydrogen (secondary N) is 1. The van der Waals surface area contributed by atoms with Crippen LogP contribution >= 0.6 is 46.0 Å². The number of amides is 1. The first-order valence-corrected chi connectivity index (χ1v) is 8.65. The Morgan fingerprint density at radius 3 is 2.81 bits per heavy atom. The predicted octanol–water partition coefficient (Wildman–Crippen LogP) is 5.48. The second kappa shape index (κ2) is 7.87. The van der Waals surface area contributed by atoms with Crippen LogP contribution in [0.2, 0.25) is 5.02 Å². The molecule has 5 heteroatoms. The zero-order valence-corrected chi connectivity index (χ0v) is 14.8. The van der Waals surface area contributed by atoms with Crippen LogP contribution in [0.5, 0.6) is 0 Å². The van der Waals surface area contributed by atoms with Crippen molar-refractivity contribution in [3.8, 4) is 0 Å². The lowest BCUT2D eigenvalue weighted by molar-refractivity contribution is 0.102. The number of anilines is 1. The Hall–Kier alpha value is -0.980. The van der Waals surface area contributed by atoms with Gasteiger partial charge in [-0.25, -0.2) is 0 Å². The van der Waals surface area contributed by atoms with Crippen molar-refractivity contribution in [3.05, 3.63) is 69.3 Å². The van der Waals surface area contributed by atoms with E-state index in [1.165, 1.54) is 0 Å². The van der Waals surface area contributed by atoms with Crippen molar-refractivity contribution in [1.82, 2.24) is 0 Å². The number of hydrogen-bond donors (Lipinski definition) is 1. The van der Waals surface area contributed by atoms with Crippen molar-refractivity contribution in [1.29, 1.82) is 0 Å². The Balaban J connectivity index is 2.19. The molecule has 0 fully saturated rings. The first-order chi connectivity index (χ1) is 10.1. The predicted molar refractivity (Wildman–Crippen MR) is 99.5 cm³/mol. The molecule has 0 bridgehead atoms. The SMILES string of the molecule is C=CCSc1ccccc1NC(=O)c1ccc(I)c(Cl)c1. The quantitative estimate of drug-likeness (QED) is 0.388. The number of halogens is 2. The monoisotopic (exact) mass is 429 g/mol. The molecule has 2 nitrogen and oxygen atoms in total. The number of benzene rings is 2. The number of hydrogen-bond acceptors (Lipinski definition) is 2. The van der Waals surface area contributed by atoms with Crippen LogP contribution in [0, 0.1) is 3.57 Å². The fourth-order valence-electron chi connectivity index (χ4n) is 1.68. The maximum atomic E-state index is 12.3. The van der Waals surface area contributed by atoms with E-state index in [1.807, 2.05) is 36.4 Å². The number of carbonyl (C=O) groups excluding carboxylic acids is 1. The van der Waals surface area contributed by atoms with Gasteiger partial charge in [-0.1, -0.05) is 29.8 Å². The lowest BCUT2D eigenvalue weighted by Gasteiger charge is -2.10. The van der Waals surface area contributed by atoms with Gasteiger partial charge in [-0.15, -0.1) is 18.3 Å². The molecule has 1 N–H and O–H groups in total. The van der Waals surface area contributed by atoms with Crippen LogP contribution in [0.15, 0.2) is 60.0 Å². The van der Waals surface area contributed by atoms with Crippen LogP contribution in [0.1, 0.15) is 10.4 Å². The van der Waals surface area contributed by atoms with Crippen molar-refractivity contribution in [2.75, 3.05) is 11.1 Å². The minimum Gasteiger partial charge on any atom is -0.321 e. The minimum absolute atomic E-state index is 0.167. The smallest absolute Gasteiger partial charge is 0.255 e. The zero-order chi connectivity index (χ0) is 15.2. The molecular formula is C16H13ClINOS. The highest BCUT2D eigenvalue weighted by Gasteiger charge is 2.10. The highest BCUT2D eigenvalue weighted by molar-refractivity contribution is 14.1. The summed E-state index contributed by atoms with van der Waals surface area (Å²) in [5, 5.41) is 3.51. The highest BCUT2D eigenvalue weighted by Crippen LogP contribution is 2.28. The third-order valence-electron chi connectivity index (χ3n) is 2.67. The van der Waals surface area contributed by atoms with Gasteiger partial charge in [0.2, 0.25) is 0 Å². The van der Waals surface area contributed by atoms with Gasteiger partial charge in [0.1, 0.15) is 0 Å². The van der Waals surface area contributed by atoms with Gasteiger partial charge in [-0.3, -0.25) is 4.79 Å². The van der Waals surface area contributed by atoms with Gasteiger partial charge in [0.05, 0.1) is 10.7 Å². The van der Waals surface area contributed by atoms with E-state index in [2.05, 4.69) is 34.5 Å². The van der Waals surface area contributed by atoms with Gasteiger partial charge in [-0.05, 0) is 52.9 Å². The summed E-state index contributed by atoms with van der Waals surface area (Å²) in [6.07, 6.45) is 1.84. The fourth-order valence-corrected chi connectivity index (χ4v) is 2.94. The largest absolute Gasteiger partial charge is 0.321 e. The Labute approximate surface area is 147 Å². The molecule has 108 valence electrons. The highest BCUT2D eigenvalue weighted by atomic mass is 127. The maximum Gasteiger partial charge on any atom is 0.255 e. The van der Waals surface area contributed by atoms with Crippen molar-refractivity contribution in [2.24, 2.45) is 0 Å². The lowest BCUT2D eigenvalue weighted by Crippen LogP contribution is -2.12. The van der Waals surface area contributed by atoms with E-state index in [9.17, 15) is 4.79 Å². The summed E-state index contributed by atoms with van der Waals surface area (Å²) >= 11 is 9.82. The molecule has 0 spiro atoms. The number of thioether (sulfide) groups is 1. The molecule has 0 aliphatic rings. The second-order valence-electron chi connectivity index (χ2n) is 4.18. The van der Waals surface area contributed by atoms with E-state index >= 15 is 0 Å². The lowest BCUT2D eigenvalue weighted by atomic mass is 10.2. The van der Waals surface area contributed by atoms with Crippen LogP contribution in [-0.2, 0) is 0 Å². The first-order valence-electron chi connectivity index (χ1n) is 6.21. The van der Waals surface area contributed by atoms with Crippen LogP contribution in [-0.4, -0.2) is 11.7 Å². The maximum absolute atomic E-state index is 12.3. The molecule has 0 saturated carbocycles. The summed E-state index contributed by atoms with van der Waals surface area (Å²) in [5.41, 5.74) is 1.34. The van der Waals surface area contributed by atoms with Crippen LogP contribution in [0.25, 0.3) is 0 Å². The fraction of sp³-hybridized carbons (Fsp3) is 0.0625. The molecular weight excluding hydrogens is 417 g/mol. The number of rotatable bonds is 5. The third-order valence-corrected chi connectivity index (χ3v) is 5.32. The molecule has 2 aromatic rings. The van der Waals surface area contributed by atoms with Crippen LogP contribution in [0.3, 0.4) is 0 Å². The van der Waals surface area contributed by atoms with E-state index in [-0.39, 0.29) is 5.91 Å². The third kappa shape index (κ3) is 4.49. The molecule has 0 radical (unpaired) electrons. The summed E-state index contributed by atoms with van der Waals surface area (Å²) < 4.78 is 0.924. The molecule has 0 heterocycles. The van der Waals surface area contributed by atoms with Gasteiger partial charge < -0.3 is 5.32 Å². The van der Waals surface area contributed by atoms with Gasteiger partial charge in [0, 0.05) is 19.8 Å². The summed E-state index contributed by atoms with van der Waals surface area (Å²) in [5.74, 6) is 0.627. The second-order valence-corrected chi connectivity index (χ2v) is 6.81. The van der Waals surface area contributed by atoms with Gasteiger partial charge in [0.15, 0.2) is 0 Å². The van der Waals surface area contributed by atoms with E-state index in [4.69, 9.17) is 11.6 Å². The summed E-state index contributed by atoms with van der Waals surface area (Å²) in [7, 11) is 0. The molecule has 0 unspecified atom stereocenters. The minimum atomic E-state index is -0.167. The summed E-state index contributed by atoms with van der Waals surface area (Å²) in [4.78, 5) is 13.3. The van der Waals surface area contributed by atoms with Crippen LogP contribution in [0.4, 0.5) is 5.69 Å². The van der Waals surface area contributed by atoms with Gasteiger partial charge >= 0.3 is 0 Å². The molecule has 0 aromatic heterocycles. The molecule has 0 aliphatic heterocycles. The number of para-hydroxylation sites is 1. The van der Waals surface area contributed by atoms with Crippen molar-refractivity contribution in [2.45, 2.75) is 4.90 Å². The van der Waals surface area contributed by atoms with E-state index in [0.29, 0.717) is 10.6 Å². The van der Waals surface area contributed by atoms with E-state index in [1.54, 1.807) is 23.9 Å². The molecule has 1 amide bonds. The normalized spacial score (nSPS) is 10.2. The average Bonchev–Trinajstić information content (AvgIpc) is 2.49. The molecule has 0 atom stereocenters. The topological polar surface area (TPSA) is 29.1 Å². The zero-order valence-electron chi connectivity index (χ0n) is 11.1. The van der Waals surface area contributed by atoms with Gasteiger partial charge in [-0.2, -0.15) is 0 Å². The van der Waals surface area contributed by atoms with Crippen molar-refractivity contribution >= 4 is 57.5 Å². The Bertz CT molecular complexity index is 675. The van der Waals surface area contributed by atoms with Gasteiger partial charge in [0.25, 0.3) is 5.91 Å². The number of carbonyl (C=O) groups is 1. The summed E-state index contributed by atoms with van der Waals surface area (Å²) in [6, 6.07) is 13.0. The van der Waals surface area contributed by atoms with Crippen LogP contribution < -0.4 is 5.32 Å². The van der Waals surface area contributed by atoms with Crippen molar-refractivity contribution < 1.29 is 4.79 Å². The first kappa shape index (κ1) is 16.4. The molecule has 21 heavy (non-hydrogen) atoms. The molecule has 2 rings (SSSR count). The van der Waals surface area contributed by atoms with Crippen molar-refractivity contribution in [3.63, 3.8) is 0 Å². The van der Waals surface area contributed by atoms with E-state index < -0.39 is 0 Å². The Morgan fingerprint density at radius 1 is 1.33 bits per heavy atom. The Morgan fingerprint density at radius 2 is 2.10 bits per heavy atom. The molecule has 0 aliphatic carbocycles.